The summed E-state index contributed by atoms with van der Waals surface area (Å²) in [5.41, 5.74) is 3.19. The van der Waals surface area contributed by atoms with Crippen LogP contribution in [0.4, 0.5) is 0 Å². The van der Waals surface area contributed by atoms with Crippen molar-refractivity contribution in [2.24, 2.45) is 13.0 Å². The highest BCUT2D eigenvalue weighted by molar-refractivity contribution is 6.17. The third-order valence-electron chi connectivity index (χ3n) is 3.75. The summed E-state index contributed by atoms with van der Waals surface area (Å²) in [7, 11) is 2.00. The lowest BCUT2D eigenvalue weighted by atomic mass is 10.3. The van der Waals surface area contributed by atoms with Gasteiger partial charge in [0.1, 0.15) is 11.3 Å². The number of hydrogen-bond acceptors (Lipinski definition) is 2. The second kappa shape index (κ2) is 4.57. The average molecular weight is 267 g/mol. The topological polar surface area (TPSA) is 35.6 Å². The van der Waals surface area contributed by atoms with E-state index in [1.54, 1.807) is 0 Å². The molecule has 0 bridgehead atoms. The number of nitrogens with zero attached hydrogens (tertiary/aromatic N) is 4. The fraction of sp³-hybridized carbons (Fsp3) is 0.692. The molecule has 0 unspecified atom stereocenters. The Bertz CT molecular complexity index is 565. The molecule has 1 saturated carbocycles. The molecule has 0 atom stereocenters. The number of aryl methyl sites for hydroxylation is 4. The summed E-state index contributed by atoms with van der Waals surface area (Å²) in [6.07, 6.45) is 4.88. The summed E-state index contributed by atoms with van der Waals surface area (Å²) >= 11 is 5.88. The normalized spacial score (nSPS) is 15.7. The summed E-state index contributed by atoms with van der Waals surface area (Å²) in [6.45, 7) is 3.07. The van der Waals surface area contributed by atoms with Crippen LogP contribution in [0.25, 0.3) is 11.2 Å². The van der Waals surface area contributed by atoms with Crippen LogP contribution in [0.2, 0.25) is 0 Å². The molecule has 0 aromatic carbocycles. The minimum absolute atomic E-state index is 0.624. The average Bonchev–Trinajstić information content (AvgIpc) is 3.02. The van der Waals surface area contributed by atoms with E-state index in [0.29, 0.717) is 5.88 Å². The van der Waals surface area contributed by atoms with Gasteiger partial charge >= 0.3 is 0 Å². The van der Waals surface area contributed by atoms with Gasteiger partial charge in [-0.05, 0) is 19.3 Å². The van der Waals surface area contributed by atoms with Gasteiger partial charge in [0.25, 0.3) is 0 Å². The SMILES string of the molecule is Cc1nn(C)c2c1nc(CCCl)n2CCC1CC1. The van der Waals surface area contributed by atoms with Crippen LogP contribution in [0.3, 0.4) is 0 Å². The summed E-state index contributed by atoms with van der Waals surface area (Å²) in [4.78, 5) is 4.72. The summed E-state index contributed by atoms with van der Waals surface area (Å²) < 4.78 is 4.26. The quantitative estimate of drug-likeness (QED) is 0.780. The van der Waals surface area contributed by atoms with Crippen molar-refractivity contribution >= 4 is 22.8 Å². The zero-order valence-electron chi connectivity index (χ0n) is 11.0. The first-order valence-corrected chi connectivity index (χ1v) is 7.19. The van der Waals surface area contributed by atoms with Crippen LogP contribution < -0.4 is 0 Å². The van der Waals surface area contributed by atoms with E-state index >= 15 is 0 Å². The molecule has 0 N–H and O–H groups in total. The van der Waals surface area contributed by atoms with Crippen molar-refractivity contribution in [3.05, 3.63) is 11.5 Å². The fourth-order valence-electron chi connectivity index (χ4n) is 2.61. The highest BCUT2D eigenvalue weighted by Crippen LogP contribution is 2.33. The Kier molecular flexibility index (Phi) is 3.06. The maximum Gasteiger partial charge on any atom is 0.158 e. The first-order chi connectivity index (χ1) is 8.70. The lowest BCUT2D eigenvalue weighted by Gasteiger charge is -2.08. The first-order valence-electron chi connectivity index (χ1n) is 6.65. The van der Waals surface area contributed by atoms with E-state index in [-0.39, 0.29) is 0 Å². The zero-order chi connectivity index (χ0) is 12.7. The van der Waals surface area contributed by atoms with Gasteiger partial charge in [0.2, 0.25) is 0 Å². The van der Waals surface area contributed by atoms with E-state index in [1.165, 1.54) is 19.3 Å². The molecule has 0 aliphatic heterocycles. The van der Waals surface area contributed by atoms with Gasteiger partial charge in [-0.3, -0.25) is 4.68 Å². The molecule has 2 aromatic heterocycles. The minimum Gasteiger partial charge on any atom is -0.313 e. The Balaban J connectivity index is 2.01. The van der Waals surface area contributed by atoms with E-state index in [0.717, 1.165) is 41.6 Å². The van der Waals surface area contributed by atoms with Crippen LogP contribution in [0.1, 0.15) is 30.8 Å². The molecule has 5 heteroatoms. The van der Waals surface area contributed by atoms with E-state index < -0.39 is 0 Å². The highest BCUT2D eigenvalue weighted by atomic mass is 35.5. The van der Waals surface area contributed by atoms with Crippen molar-refractivity contribution in [3.63, 3.8) is 0 Å². The summed E-state index contributed by atoms with van der Waals surface area (Å²) in [6, 6.07) is 0. The van der Waals surface area contributed by atoms with Crippen molar-refractivity contribution in [2.45, 2.75) is 39.2 Å². The second-order valence-corrected chi connectivity index (χ2v) is 5.61. The van der Waals surface area contributed by atoms with Gasteiger partial charge in [-0.15, -0.1) is 11.6 Å². The standard InChI is InChI=1S/C13H19ClN4/c1-9-12-13(17(2)16-9)18(8-6-10-3-4-10)11(15-12)5-7-14/h10H,3-8H2,1-2H3. The number of halogens is 1. The molecular formula is C13H19ClN4. The van der Waals surface area contributed by atoms with E-state index in [9.17, 15) is 0 Å². The molecule has 2 aromatic rings. The van der Waals surface area contributed by atoms with Crippen LogP contribution >= 0.6 is 11.6 Å². The maximum atomic E-state index is 5.88. The number of rotatable bonds is 5. The van der Waals surface area contributed by atoms with Gasteiger partial charge < -0.3 is 4.57 Å². The molecule has 1 aliphatic rings. The van der Waals surface area contributed by atoms with E-state index in [2.05, 4.69) is 9.67 Å². The molecule has 1 aliphatic carbocycles. The van der Waals surface area contributed by atoms with Crippen molar-refractivity contribution in [2.75, 3.05) is 5.88 Å². The summed E-state index contributed by atoms with van der Waals surface area (Å²) in [5.74, 6) is 2.66. The minimum atomic E-state index is 0.624. The van der Waals surface area contributed by atoms with Gasteiger partial charge in [0.15, 0.2) is 5.65 Å². The molecule has 3 rings (SSSR count). The van der Waals surface area contributed by atoms with Gasteiger partial charge in [-0.1, -0.05) is 12.8 Å². The largest absolute Gasteiger partial charge is 0.313 e. The Morgan fingerprint density at radius 2 is 2.17 bits per heavy atom. The van der Waals surface area contributed by atoms with Crippen LogP contribution in [0.5, 0.6) is 0 Å². The Hall–Kier alpha value is -1.03. The van der Waals surface area contributed by atoms with Crippen molar-refractivity contribution in [3.8, 4) is 0 Å². The first kappa shape index (κ1) is 12.0. The molecule has 0 saturated heterocycles. The van der Waals surface area contributed by atoms with Gasteiger partial charge in [0, 0.05) is 25.9 Å². The molecule has 98 valence electrons. The molecular weight excluding hydrogens is 248 g/mol. The zero-order valence-corrected chi connectivity index (χ0v) is 11.7. The molecule has 0 spiro atoms. The van der Waals surface area contributed by atoms with E-state index in [1.807, 2.05) is 18.7 Å². The number of aromatic nitrogens is 4. The fourth-order valence-corrected chi connectivity index (χ4v) is 2.78. The molecule has 2 heterocycles. The second-order valence-electron chi connectivity index (χ2n) is 5.23. The number of hydrogen-bond donors (Lipinski definition) is 0. The Morgan fingerprint density at radius 3 is 2.83 bits per heavy atom. The van der Waals surface area contributed by atoms with Crippen molar-refractivity contribution in [1.29, 1.82) is 0 Å². The van der Waals surface area contributed by atoms with Crippen molar-refractivity contribution in [1.82, 2.24) is 19.3 Å². The molecule has 0 amide bonds. The predicted octanol–water partition coefficient (Wildman–Crippen LogP) is 2.66. The molecule has 1 fully saturated rings. The van der Waals surface area contributed by atoms with Crippen LogP contribution in [0.15, 0.2) is 0 Å². The molecule has 18 heavy (non-hydrogen) atoms. The van der Waals surface area contributed by atoms with E-state index in [4.69, 9.17) is 16.6 Å². The summed E-state index contributed by atoms with van der Waals surface area (Å²) in [5, 5.41) is 4.46. The van der Waals surface area contributed by atoms with Crippen LogP contribution in [-0.2, 0) is 20.0 Å². The van der Waals surface area contributed by atoms with Crippen LogP contribution in [-0.4, -0.2) is 25.2 Å². The van der Waals surface area contributed by atoms with Crippen molar-refractivity contribution < 1.29 is 0 Å². The predicted molar refractivity (Wildman–Crippen MR) is 73.0 cm³/mol. The number of fused-ring (bicyclic) bond motifs is 1. The monoisotopic (exact) mass is 266 g/mol. The lowest BCUT2D eigenvalue weighted by Crippen LogP contribution is -2.08. The third-order valence-corrected chi connectivity index (χ3v) is 3.93. The van der Waals surface area contributed by atoms with Crippen LogP contribution in [0, 0.1) is 12.8 Å². The maximum absolute atomic E-state index is 5.88. The Morgan fingerprint density at radius 1 is 1.39 bits per heavy atom. The van der Waals surface area contributed by atoms with Gasteiger partial charge in [0.05, 0.1) is 5.69 Å². The van der Waals surface area contributed by atoms with Gasteiger partial charge in [-0.25, -0.2) is 4.98 Å². The molecule has 4 nitrogen and oxygen atoms in total. The lowest BCUT2D eigenvalue weighted by molar-refractivity contribution is 0.574. The Labute approximate surface area is 112 Å². The third kappa shape index (κ3) is 2.03. The molecule has 0 radical (unpaired) electrons. The number of alkyl halides is 1. The highest BCUT2D eigenvalue weighted by Gasteiger charge is 2.23. The number of imidazole rings is 1. The smallest absolute Gasteiger partial charge is 0.158 e. The van der Waals surface area contributed by atoms with Gasteiger partial charge in [-0.2, -0.15) is 5.10 Å².